The molecule has 2 amide bonds. The number of rotatable bonds is 6. The van der Waals surface area contributed by atoms with Gasteiger partial charge in [-0.3, -0.25) is 19.5 Å². The SMILES string of the molecule is COc1ccc(NC2=C(c3ccc(Cl)cc3Cl)C(=O)N(Cc3cccnc3)C2=O)cc1. The molecule has 6 nitrogen and oxygen atoms in total. The van der Waals surface area contributed by atoms with Crippen LogP contribution in [0.15, 0.2) is 72.7 Å². The van der Waals surface area contributed by atoms with E-state index in [1.54, 1.807) is 68.0 Å². The van der Waals surface area contributed by atoms with Crippen LogP contribution >= 0.6 is 23.2 Å². The third-order valence-electron chi connectivity index (χ3n) is 4.79. The number of aromatic nitrogens is 1. The van der Waals surface area contributed by atoms with Crippen LogP contribution in [0.4, 0.5) is 5.69 Å². The molecule has 1 aromatic heterocycles. The molecule has 156 valence electrons. The number of ether oxygens (including phenoxy) is 1. The maximum atomic E-state index is 13.3. The average Bonchev–Trinajstić information content (AvgIpc) is 2.99. The minimum atomic E-state index is -0.453. The number of methoxy groups -OCH3 is 1. The minimum absolute atomic E-state index is 0.0913. The number of nitrogens with zero attached hydrogens (tertiary/aromatic N) is 2. The molecule has 8 heteroatoms. The van der Waals surface area contributed by atoms with E-state index in [0.29, 0.717) is 22.0 Å². The fourth-order valence-corrected chi connectivity index (χ4v) is 3.77. The highest BCUT2D eigenvalue weighted by Gasteiger charge is 2.40. The van der Waals surface area contributed by atoms with E-state index in [-0.39, 0.29) is 22.8 Å². The van der Waals surface area contributed by atoms with Crippen LogP contribution in [0, 0.1) is 0 Å². The van der Waals surface area contributed by atoms with E-state index in [2.05, 4.69) is 10.3 Å². The predicted octanol–water partition coefficient (Wildman–Crippen LogP) is 4.79. The van der Waals surface area contributed by atoms with Gasteiger partial charge in [0.1, 0.15) is 11.4 Å². The highest BCUT2D eigenvalue weighted by molar-refractivity contribution is 6.41. The molecule has 4 rings (SSSR count). The summed E-state index contributed by atoms with van der Waals surface area (Å²) < 4.78 is 5.17. The predicted molar refractivity (Wildman–Crippen MR) is 120 cm³/mol. The van der Waals surface area contributed by atoms with Crippen molar-refractivity contribution >= 4 is 46.3 Å². The Bertz CT molecular complexity index is 1180. The van der Waals surface area contributed by atoms with E-state index in [1.165, 1.54) is 11.0 Å². The number of hydrogen-bond donors (Lipinski definition) is 1. The number of hydrogen-bond acceptors (Lipinski definition) is 5. The number of halogens is 2. The lowest BCUT2D eigenvalue weighted by Crippen LogP contribution is -2.32. The normalized spacial score (nSPS) is 13.7. The molecular weight excluding hydrogens is 437 g/mol. The number of pyridine rings is 1. The van der Waals surface area contributed by atoms with Gasteiger partial charge in [-0.2, -0.15) is 0 Å². The summed E-state index contributed by atoms with van der Waals surface area (Å²) in [7, 11) is 1.57. The second kappa shape index (κ2) is 8.79. The molecule has 0 atom stereocenters. The number of carbonyl (C=O) groups excluding carboxylic acids is 2. The number of anilines is 1. The van der Waals surface area contributed by atoms with Crippen molar-refractivity contribution in [2.45, 2.75) is 6.54 Å². The molecule has 31 heavy (non-hydrogen) atoms. The molecule has 0 bridgehead atoms. The van der Waals surface area contributed by atoms with Gasteiger partial charge < -0.3 is 10.1 Å². The van der Waals surface area contributed by atoms with Crippen LogP contribution in [-0.2, 0) is 16.1 Å². The highest BCUT2D eigenvalue weighted by Crippen LogP contribution is 2.36. The second-order valence-corrected chi connectivity index (χ2v) is 7.63. The number of benzene rings is 2. The van der Waals surface area contributed by atoms with Crippen molar-refractivity contribution in [3.8, 4) is 5.75 Å². The van der Waals surface area contributed by atoms with Gasteiger partial charge in [-0.15, -0.1) is 0 Å². The maximum Gasteiger partial charge on any atom is 0.278 e. The third-order valence-corrected chi connectivity index (χ3v) is 5.34. The average molecular weight is 454 g/mol. The lowest BCUT2D eigenvalue weighted by atomic mass is 10.0. The van der Waals surface area contributed by atoms with E-state index in [4.69, 9.17) is 27.9 Å². The Morgan fingerprint density at radius 1 is 1.03 bits per heavy atom. The first-order chi connectivity index (χ1) is 15.0. The van der Waals surface area contributed by atoms with Crippen LogP contribution < -0.4 is 10.1 Å². The van der Waals surface area contributed by atoms with Crippen molar-refractivity contribution in [1.82, 2.24) is 9.88 Å². The monoisotopic (exact) mass is 453 g/mol. The van der Waals surface area contributed by atoms with E-state index >= 15 is 0 Å². The van der Waals surface area contributed by atoms with Gasteiger partial charge in [0, 0.05) is 28.7 Å². The molecule has 3 aromatic rings. The van der Waals surface area contributed by atoms with Gasteiger partial charge in [-0.25, -0.2) is 0 Å². The Balaban J connectivity index is 1.76. The van der Waals surface area contributed by atoms with Crippen LogP contribution in [0.2, 0.25) is 10.0 Å². The number of nitrogens with one attached hydrogen (secondary N) is 1. The van der Waals surface area contributed by atoms with Crippen molar-refractivity contribution in [2.24, 2.45) is 0 Å². The molecule has 0 aliphatic carbocycles. The van der Waals surface area contributed by atoms with E-state index in [9.17, 15) is 9.59 Å². The number of amides is 2. The van der Waals surface area contributed by atoms with E-state index < -0.39 is 11.8 Å². The number of carbonyl (C=O) groups is 2. The third kappa shape index (κ3) is 4.26. The zero-order valence-electron chi connectivity index (χ0n) is 16.4. The molecule has 0 saturated heterocycles. The Kier molecular flexibility index (Phi) is 5.93. The van der Waals surface area contributed by atoms with Crippen molar-refractivity contribution in [2.75, 3.05) is 12.4 Å². The van der Waals surface area contributed by atoms with Crippen LogP contribution in [0.3, 0.4) is 0 Å². The lowest BCUT2D eigenvalue weighted by molar-refractivity contribution is -0.137. The van der Waals surface area contributed by atoms with Crippen LogP contribution in [0.25, 0.3) is 5.57 Å². The molecule has 0 fully saturated rings. The zero-order chi connectivity index (χ0) is 22.0. The molecule has 0 unspecified atom stereocenters. The second-order valence-electron chi connectivity index (χ2n) is 6.79. The molecule has 1 aliphatic rings. The molecule has 0 radical (unpaired) electrons. The summed E-state index contributed by atoms with van der Waals surface area (Å²) in [5.74, 6) is -0.229. The van der Waals surface area contributed by atoms with E-state index in [1.807, 2.05) is 0 Å². The molecule has 0 spiro atoms. The molecule has 2 heterocycles. The summed E-state index contributed by atoms with van der Waals surface area (Å²) >= 11 is 12.4. The maximum absolute atomic E-state index is 13.3. The van der Waals surface area contributed by atoms with Crippen LogP contribution in [0.5, 0.6) is 5.75 Å². The van der Waals surface area contributed by atoms with Crippen LogP contribution in [0.1, 0.15) is 11.1 Å². The molecular formula is C23H17Cl2N3O3. The fourth-order valence-electron chi connectivity index (χ4n) is 3.27. The molecule has 1 aliphatic heterocycles. The Hall–Kier alpha value is -3.35. The summed E-state index contributed by atoms with van der Waals surface area (Å²) in [6.45, 7) is 0.0913. The Morgan fingerprint density at radius 3 is 2.45 bits per heavy atom. The van der Waals surface area contributed by atoms with E-state index in [0.717, 1.165) is 5.56 Å². The highest BCUT2D eigenvalue weighted by atomic mass is 35.5. The van der Waals surface area contributed by atoms with Crippen molar-refractivity contribution in [3.63, 3.8) is 0 Å². The molecule has 1 N–H and O–H groups in total. The minimum Gasteiger partial charge on any atom is -0.497 e. The first-order valence-corrected chi connectivity index (χ1v) is 10.1. The first kappa shape index (κ1) is 20.9. The van der Waals surface area contributed by atoms with Gasteiger partial charge in [0.05, 0.1) is 24.3 Å². The standard InChI is InChI=1S/C23H17Cl2N3O3/c1-31-17-7-5-16(6-8-17)27-21-20(18-9-4-15(24)11-19(18)25)22(29)28(23(21)30)13-14-3-2-10-26-12-14/h2-12,27H,13H2,1H3. The quantitative estimate of drug-likeness (QED) is 0.543. The smallest absolute Gasteiger partial charge is 0.278 e. The van der Waals surface area contributed by atoms with Gasteiger partial charge >= 0.3 is 0 Å². The number of imide groups is 1. The summed E-state index contributed by atoms with van der Waals surface area (Å²) in [4.78, 5) is 31.8. The largest absolute Gasteiger partial charge is 0.497 e. The van der Waals surface area contributed by atoms with Crippen molar-refractivity contribution in [3.05, 3.63) is 93.9 Å². The first-order valence-electron chi connectivity index (χ1n) is 9.34. The van der Waals surface area contributed by atoms with Crippen LogP contribution in [-0.4, -0.2) is 28.8 Å². The summed E-state index contributed by atoms with van der Waals surface area (Å²) in [5, 5.41) is 3.80. The van der Waals surface area contributed by atoms with Gasteiger partial charge in [0.15, 0.2) is 0 Å². The summed E-state index contributed by atoms with van der Waals surface area (Å²) in [6.07, 6.45) is 3.25. The molecule has 2 aromatic carbocycles. The van der Waals surface area contributed by atoms with Gasteiger partial charge in [0.2, 0.25) is 0 Å². The fraction of sp³-hybridized carbons (Fsp3) is 0.0870. The summed E-state index contributed by atoms with van der Waals surface area (Å²) in [5.41, 5.74) is 2.11. The van der Waals surface area contributed by atoms with Gasteiger partial charge in [-0.1, -0.05) is 35.3 Å². The van der Waals surface area contributed by atoms with Crippen molar-refractivity contribution < 1.29 is 14.3 Å². The van der Waals surface area contributed by atoms with Crippen molar-refractivity contribution in [1.29, 1.82) is 0 Å². The lowest BCUT2D eigenvalue weighted by Gasteiger charge is -2.15. The summed E-state index contributed by atoms with van der Waals surface area (Å²) in [6, 6.07) is 15.4. The Morgan fingerprint density at radius 2 is 1.81 bits per heavy atom. The van der Waals surface area contributed by atoms with Gasteiger partial charge in [-0.05, 0) is 48.0 Å². The topological polar surface area (TPSA) is 71.5 Å². The van der Waals surface area contributed by atoms with Gasteiger partial charge in [0.25, 0.3) is 11.8 Å². The molecule has 0 saturated carbocycles. The zero-order valence-corrected chi connectivity index (χ0v) is 17.9. The Labute approximate surface area is 189 Å².